The summed E-state index contributed by atoms with van der Waals surface area (Å²) >= 11 is 1.59. The van der Waals surface area contributed by atoms with Gasteiger partial charge in [-0.25, -0.2) is 0 Å². The van der Waals surface area contributed by atoms with Crippen LogP contribution in [0.25, 0.3) is 11.4 Å². The predicted molar refractivity (Wildman–Crippen MR) is 93.8 cm³/mol. The molecule has 7 heteroatoms. The molecule has 0 spiro atoms. The molecule has 3 rings (SSSR count). The summed E-state index contributed by atoms with van der Waals surface area (Å²) < 4.78 is 5.21. The number of thiophene rings is 1. The predicted octanol–water partition coefficient (Wildman–Crippen LogP) is 2.72. The van der Waals surface area contributed by atoms with E-state index in [4.69, 9.17) is 4.52 Å². The number of aryl methyl sites for hydroxylation is 1. The largest absolute Gasteiger partial charge is 0.355 e. The number of likely N-dealkylation sites (tertiary alicyclic amines) is 1. The van der Waals surface area contributed by atoms with Gasteiger partial charge in [0, 0.05) is 42.9 Å². The minimum Gasteiger partial charge on any atom is -0.355 e. The molecule has 0 saturated carbocycles. The Morgan fingerprint density at radius 1 is 1.50 bits per heavy atom. The van der Waals surface area contributed by atoms with Crippen molar-refractivity contribution in [1.82, 2.24) is 20.4 Å². The highest BCUT2D eigenvalue weighted by atomic mass is 32.1. The molecule has 1 atom stereocenters. The van der Waals surface area contributed by atoms with Gasteiger partial charge in [0.1, 0.15) is 0 Å². The maximum Gasteiger partial charge on any atom is 0.227 e. The first kappa shape index (κ1) is 17.1. The van der Waals surface area contributed by atoms with Gasteiger partial charge in [-0.05, 0) is 37.8 Å². The molecule has 0 bridgehead atoms. The van der Waals surface area contributed by atoms with Gasteiger partial charge in [-0.2, -0.15) is 16.3 Å². The summed E-state index contributed by atoms with van der Waals surface area (Å²) in [5.41, 5.74) is 0.954. The van der Waals surface area contributed by atoms with Gasteiger partial charge >= 0.3 is 0 Å². The van der Waals surface area contributed by atoms with E-state index in [0.29, 0.717) is 37.1 Å². The van der Waals surface area contributed by atoms with Crippen LogP contribution < -0.4 is 5.32 Å². The zero-order valence-corrected chi connectivity index (χ0v) is 14.8. The Kier molecular flexibility index (Phi) is 5.98. The fourth-order valence-electron chi connectivity index (χ4n) is 3.00. The van der Waals surface area contributed by atoms with E-state index in [0.717, 1.165) is 18.7 Å². The molecule has 1 aliphatic heterocycles. The summed E-state index contributed by atoms with van der Waals surface area (Å²) in [4.78, 5) is 18.7. The molecule has 1 fully saturated rings. The molecule has 24 heavy (non-hydrogen) atoms. The number of nitrogens with one attached hydrogen (secondary N) is 1. The monoisotopic (exact) mass is 348 g/mol. The van der Waals surface area contributed by atoms with Gasteiger partial charge in [0.2, 0.25) is 17.6 Å². The van der Waals surface area contributed by atoms with E-state index in [1.165, 1.54) is 19.3 Å². The van der Waals surface area contributed by atoms with E-state index < -0.39 is 0 Å². The fraction of sp³-hybridized carbons (Fsp3) is 0.588. The van der Waals surface area contributed by atoms with Crippen molar-refractivity contribution in [3.05, 3.63) is 22.7 Å². The minimum absolute atomic E-state index is 0.0370. The maximum atomic E-state index is 12.0. The highest BCUT2D eigenvalue weighted by Gasteiger charge is 2.17. The first-order chi connectivity index (χ1) is 11.7. The van der Waals surface area contributed by atoms with Crippen molar-refractivity contribution >= 4 is 17.2 Å². The van der Waals surface area contributed by atoms with Crippen LogP contribution in [0.5, 0.6) is 0 Å². The molecule has 0 radical (unpaired) electrons. The van der Waals surface area contributed by atoms with Gasteiger partial charge in [-0.1, -0.05) is 11.6 Å². The van der Waals surface area contributed by atoms with Gasteiger partial charge in [0.25, 0.3) is 0 Å². The zero-order chi connectivity index (χ0) is 16.8. The van der Waals surface area contributed by atoms with Crippen molar-refractivity contribution in [2.45, 2.75) is 45.1 Å². The molecule has 130 valence electrons. The van der Waals surface area contributed by atoms with Crippen LogP contribution in [-0.4, -0.2) is 46.6 Å². The van der Waals surface area contributed by atoms with Gasteiger partial charge in [-0.15, -0.1) is 0 Å². The van der Waals surface area contributed by atoms with Gasteiger partial charge < -0.3 is 9.84 Å². The highest BCUT2D eigenvalue weighted by Crippen LogP contribution is 2.19. The zero-order valence-electron chi connectivity index (χ0n) is 14.0. The number of hydrogen-bond acceptors (Lipinski definition) is 6. The molecule has 1 N–H and O–H groups in total. The summed E-state index contributed by atoms with van der Waals surface area (Å²) in [5.74, 6) is 1.14. The molecule has 1 amide bonds. The van der Waals surface area contributed by atoms with Crippen LogP contribution in [-0.2, 0) is 11.2 Å². The number of nitrogens with zero attached hydrogens (tertiary/aromatic N) is 3. The number of piperidine rings is 1. The molecule has 0 aromatic carbocycles. The average Bonchev–Trinajstić information content (AvgIpc) is 3.26. The smallest absolute Gasteiger partial charge is 0.227 e. The SMILES string of the molecule is CC1CCCCN1CCNC(=O)CCc1nc(-c2ccsc2)no1. The van der Waals surface area contributed by atoms with Crippen molar-refractivity contribution in [2.24, 2.45) is 0 Å². The Hall–Kier alpha value is -1.73. The molecule has 3 heterocycles. The minimum atomic E-state index is 0.0370. The van der Waals surface area contributed by atoms with E-state index in [1.54, 1.807) is 11.3 Å². The van der Waals surface area contributed by atoms with Crippen LogP contribution in [0.2, 0.25) is 0 Å². The number of aromatic nitrogens is 2. The third-order valence-electron chi connectivity index (χ3n) is 4.48. The number of amides is 1. The quantitative estimate of drug-likeness (QED) is 0.833. The molecule has 2 aromatic rings. The van der Waals surface area contributed by atoms with Crippen molar-refractivity contribution in [2.75, 3.05) is 19.6 Å². The van der Waals surface area contributed by atoms with Crippen LogP contribution in [0.15, 0.2) is 21.3 Å². The van der Waals surface area contributed by atoms with E-state index in [-0.39, 0.29) is 5.91 Å². The number of carbonyl (C=O) groups excluding carboxylic acids is 1. The van der Waals surface area contributed by atoms with Crippen molar-refractivity contribution in [3.63, 3.8) is 0 Å². The summed E-state index contributed by atoms with van der Waals surface area (Å²) in [6, 6.07) is 2.58. The second-order valence-corrected chi connectivity index (χ2v) is 7.03. The standard InChI is InChI=1S/C17H24N4O2S/c1-13-4-2-3-9-21(13)10-8-18-15(22)5-6-16-19-17(20-23-16)14-7-11-24-12-14/h7,11-13H,2-6,8-10H2,1H3,(H,18,22). The Bertz CT molecular complexity index is 641. The fourth-order valence-corrected chi connectivity index (χ4v) is 3.64. The topological polar surface area (TPSA) is 71.3 Å². The first-order valence-electron chi connectivity index (χ1n) is 8.58. The van der Waals surface area contributed by atoms with Crippen LogP contribution >= 0.6 is 11.3 Å². The maximum absolute atomic E-state index is 12.0. The summed E-state index contributed by atoms with van der Waals surface area (Å²) in [7, 11) is 0. The Labute approximate surface area is 146 Å². The number of carbonyl (C=O) groups is 1. The number of rotatable bonds is 7. The lowest BCUT2D eigenvalue weighted by Crippen LogP contribution is -2.42. The van der Waals surface area contributed by atoms with Crippen molar-refractivity contribution in [3.8, 4) is 11.4 Å². The second kappa shape index (κ2) is 8.39. The molecule has 0 aliphatic carbocycles. The molecule has 2 aromatic heterocycles. The summed E-state index contributed by atoms with van der Waals surface area (Å²) in [5, 5.41) is 10.9. The third-order valence-corrected chi connectivity index (χ3v) is 5.16. The lowest BCUT2D eigenvalue weighted by Gasteiger charge is -2.33. The summed E-state index contributed by atoms with van der Waals surface area (Å²) in [6.07, 6.45) is 4.70. The lowest BCUT2D eigenvalue weighted by atomic mass is 10.0. The van der Waals surface area contributed by atoms with Crippen LogP contribution in [0.4, 0.5) is 0 Å². The van der Waals surface area contributed by atoms with E-state index in [2.05, 4.69) is 27.3 Å². The Balaban J connectivity index is 1.36. The molecule has 1 saturated heterocycles. The van der Waals surface area contributed by atoms with E-state index in [9.17, 15) is 4.79 Å². The van der Waals surface area contributed by atoms with Gasteiger partial charge in [-0.3, -0.25) is 9.69 Å². The highest BCUT2D eigenvalue weighted by molar-refractivity contribution is 7.08. The molecule has 6 nitrogen and oxygen atoms in total. The normalized spacial score (nSPS) is 18.6. The third kappa shape index (κ3) is 4.64. The average molecular weight is 348 g/mol. The van der Waals surface area contributed by atoms with Gasteiger partial charge in [0.15, 0.2) is 0 Å². The van der Waals surface area contributed by atoms with Crippen molar-refractivity contribution < 1.29 is 9.32 Å². The Morgan fingerprint density at radius 3 is 3.21 bits per heavy atom. The second-order valence-electron chi connectivity index (χ2n) is 6.25. The molecule has 1 aliphatic rings. The van der Waals surface area contributed by atoms with Crippen LogP contribution in [0.1, 0.15) is 38.5 Å². The van der Waals surface area contributed by atoms with Gasteiger partial charge in [0.05, 0.1) is 0 Å². The first-order valence-corrected chi connectivity index (χ1v) is 9.52. The van der Waals surface area contributed by atoms with E-state index >= 15 is 0 Å². The number of hydrogen-bond donors (Lipinski definition) is 1. The van der Waals surface area contributed by atoms with E-state index in [1.807, 2.05) is 16.8 Å². The van der Waals surface area contributed by atoms with Crippen molar-refractivity contribution in [1.29, 1.82) is 0 Å². The molecule has 1 unspecified atom stereocenters. The molecular weight excluding hydrogens is 324 g/mol. The lowest BCUT2D eigenvalue weighted by molar-refractivity contribution is -0.121. The molecular formula is C17H24N4O2S. The Morgan fingerprint density at radius 2 is 2.42 bits per heavy atom. The summed E-state index contributed by atoms with van der Waals surface area (Å²) in [6.45, 7) is 5.04. The van der Waals surface area contributed by atoms with Crippen LogP contribution in [0.3, 0.4) is 0 Å². The van der Waals surface area contributed by atoms with Crippen LogP contribution in [0, 0.1) is 0 Å².